The summed E-state index contributed by atoms with van der Waals surface area (Å²) in [5.41, 5.74) is 2.01. The van der Waals surface area contributed by atoms with E-state index in [1.807, 2.05) is 11.3 Å². The Labute approximate surface area is 122 Å². The van der Waals surface area contributed by atoms with E-state index in [0.29, 0.717) is 11.5 Å². The maximum Gasteiger partial charge on any atom is 0.0109 e. The molecule has 0 amide bonds. The first-order chi connectivity index (χ1) is 8.89. The van der Waals surface area contributed by atoms with Gasteiger partial charge in [0.25, 0.3) is 0 Å². The monoisotopic (exact) mass is 279 g/mol. The van der Waals surface area contributed by atoms with Gasteiger partial charge in [-0.1, -0.05) is 27.7 Å². The van der Waals surface area contributed by atoms with Crippen molar-refractivity contribution in [3.63, 3.8) is 0 Å². The lowest BCUT2D eigenvalue weighted by molar-refractivity contribution is 0.159. The Hall–Kier alpha value is -0.340. The number of hydrogen-bond acceptors (Lipinski definition) is 2. The van der Waals surface area contributed by atoms with Crippen molar-refractivity contribution in [2.45, 2.75) is 65.8 Å². The van der Waals surface area contributed by atoms with Gasteiger partial charge in [0.15, 0.2) is 0 Å². The van der Waals surface area contributed by atoms with Crippen LogP contribution in [0.4, 0.5) is 0 Å². The summed E-state index contributed by atoms with van der Waals surface area (Å²) in [5, 5.41) is 5.92. The Balaban J connectivity index is 2.14. The Morgan fingerprint density at radius 1 is 1.42 bits per heavy atom. The van der Waals surface area contributed by atoms with Gasteiger partial charge in [-0.05, 0) is 67.0 Å². The second kappa shape index (κ2) is 5.97. The average Bonchev–Trinajstić information content (AvgIpc) is 2.72. The summed E-state index contributed by atoms with van der Waals surface area (Å²) in [5.74, 6) is 1.57. The predicted molar refractivity (Wildman–Crippen MR) is 86.1 cm³/mol. The van der Waals surface area contributed by atoms with Crippen LogP contribution in [-0.4, -0.2) is 12.6 Å². The highest BCUT2D eigenvalue weighted by Gasteiger charge is 2.36. The van der Waals surface area contributed by atoms with E-state index in [1.165, 1.54) is 31.4 Å². The van der Waals surface area contributed by atoms with E-state index in [-0.39, 0.29) is 0 Å². The maximum absolute atomic E-state index is 3.66. The summed E-state index contributed by atoms with van der Waals surface area (Å²) in [6, 6.07) is 2.88. The molecule has 1 fully saturated rings. The fourth-order valence-corrected chi connectivity index (χ4v) is 4.47. The van der Waals surface area contributed by atoms with Gasteiger partial charge in [-0.25, -0.2) is 0 Å². The van der Waals surface area contributed by atoms with Crippen molar-refractivity contribution in [2.24, 2.45) is 11.3 Å². The Morgan fingerprint density at radius 3 is 2.74 bits per heavy atom. The number of nitrogens with one attached hydrogen (secondary N) is 1. The van der Waals surface area contributed by atoms with Crippen molar-refractivity contribution in [2.75, 3.05) is 6.54 Å². The first-order valence-corrected chi connectivity index (χ1v) is 8.54. The molecule has 1 aromatic rings. The molecular formula is C17H29NS. The Kier molecular flexibility index (Phi) is 4.73. The van der Waals surface area contributed by atoms with E-state index < -0.39 is 0 Å². The van der Waals surface area contributed by atoms with Crippen molar-refractivity contribution in [1.29, 1.82) is 0 Å². The largest absolute Gasteiger partial charge is 0.314 e. The topological polar surface area (TPSA) is 12.0 Å². The van der Waals surface area contributed by atoms with Crippen LogP contribution in [0, 0.1) is 18.3 Å². The SMILES string of the molecule is Cc1ccsc1C1CC(C)(C)CCC1CNC(C)C. The summed E-state index contributed by atoms with van der Waals surface area (Å²) >= 11 is 1.97. The molecule has 2 rings (SSSR count). The molecule has 2 atom stereocenters. The molecule has 1 aliphatic rings. The molecular weight excluding hydrogens is 250 g/mol. The minimum atomic E-state index is 0.509. The number of rotatable bonds is 4. The Morgan fingerprint density at radius 2 is 2.16 bits per heavy atom. The van der Waals surface area contributed by atoms with Crippen LogP contribution in [0.3, 0.4) is 0 Å². The fourth-order valence-electron chi connectivity index (χ4n) is 3.34. The van der Waals surface area contributed by atoms with Crippen LogP contribution in [0.15, 0.2) is 11.4 Å². The lowest BCUT2D eigenvalue weighted by Gasteiger charge is -2.41. The highest BCUT2D eigenvalue weighted by atomic mass is 32.1. The molecule has 0 aromatic carbocycles. The zero-order valence-corrected chi connectivity index (χ0v) is 13.9. The van der Waals surface area contributed by atoms with Gasteiger partial charge in [-0.2, -0.15) is 0 Å². The maximum atomic E-state index is 3.66. The molecule has 0 saturated heterocycles. The third kappa shape index (κ3) is 3.82. The first kappa shape index (κ1) is 15.1. The van der Waals surface area contributed by atoms with Crippen molar-refractivity contribution in [3.05, 3.63) is 21.9 Å². The van der Waals surface area contributed by atoms with Gasteiger partial charge in [0.1, 0.15) is 0 Å². The van der Waals surface area contributed by atoms with Crippen LogP contribution in [-0.2, 0) is 0 Å². The van der Waals surface area contributed by atoms with Crippen molar-refractivity contribution in [1.82, 2.24) is 5.32 Å². The summed E-state index contributed by atoms with van der Waals surface area (Å²) in [6.45, 7) is 12.8. The third-order valence-corrected chi connectivity index (χ3v) is 5.71. The normalized spacial score (nSPS) is 26.8. The smallest absolute Gasteiger partial charge is 0.0109 e. The lowest BCUT2D eigenvalue weighted by atomic mass is 9.66. The summed E-state index contributed by atoms with van der Waals surface area (Å²) in [6.07, 6.45) is 4.09. The van der Waals surface area contributed by atoms with Gasteiger partial charge in [0.05, 0.1) is 0 Å². The van der Waals surface area contributed by atoms with E-state index in [1.54, 1.807) is 4.88 Å². The van der Waals surface area contributed by atoms with E-state index in [2.05, 4.69) is 51.4 Å². The summed E-state index contributed by atoms with van der Waals surface area (Å²) < 4.78 is 0. The third-order valence-electron chi connectivity index (χ3n) is 4.56. The zero-order chi connectivity index (χ0) is 14.0. The first-order valence-electron chi connectivity index (χ1n) is 7.66. The van der Waals surface area contributed by atoms with Gasteiger partial charge < -0.3 is 5.32 Å². The van der Waals surface area contributed by atoms with Crippen LogP contribution in [0.2, 0.25) is 0 Å². The second-order valence-electron chi connectivity index (χ2n) is 7.30. The van der Waals surface area contributed by atoms with Crippen molar-refractivity contribution < 1.29 is 0 Å². The minimum Gasteiger partial charge on any atom is -0.314 e. The molecule has 1 saturated carbocycles. The predicted octanol–water partition coefficient (Wildman–Crippen LogP) is 4.96. The fraction of sp³-hybridized carbons (Fsp3) is 0.765. The average molecular weight is 279 g/mol. The van der Waals surface area contributed by atoms with Crippen LogP contribution >= 0.6 is 11.3 Å². The highest BCUT2D eigenvalue weighted by Crippen LogP contribution is 2.48. The summed E-state index contributed by atoms with van der Waals surface area (Å²) in [7, 11) is 0. The van der Waals surface area contributed by atoms with Crippen LogP contribution in [0.25, 0.3) is 0 Å². The highest BCUT2D eigenvalue weighted by molar-refractivity contribution is 7.10. The molecule has 0 bridgehead atoms. The molecule has 19 heavy (non-hydrogen) atoms. The van der Waals surface area contributed by atoms with E-state index in [9.17, 15) is 0 Å². The number of aryl methyl sites for hydroxylation is 1. The second-order valence-corrected chi connectivity index (χ2v) is 8.25. The molecule has 108 valence electrons. The van der Waals surface area contributed by atoms with E-state index >= 15 is 0 Å². The van der Waals surface area contributed by atoms with Crippen LogP contribution in [0.5, 0.6) is 0 Å². The van der Waals surface area contributed by atoms with Gasteiger partial charge in [-0.15, -0.1) is 11.3 Å². The van der Waals surface area contributed by atoms with E-state index in [0.717, 1.165) is 11.8 Å². The van der Waals surface area contributed by atoms with E-state index in [4.69, 9.17) is 0 Å². The molecule has 2 heteroatoms. The lowest BCUT2D eigenvalue weighted by Crippen LogP contribution is -2.37. The molecule has 0 radical (unpaired) electrons. The molecule has 1 aliphatic carbocycles. The van der Waals surface area contributed by atoms with Gasteiger partial charge in [0, 0.05) is 10.9 Å². The minimum absolute atomic E-state index is 0.509. The Bertz CT molecular complexity index is 403. The quantitative estimate of drug-likeness (QED) is 0.821. The number of hydrogen-bond donors (Lipinski definition) is 1. The van der Waals surface area contributed by atoms with Gasteiger partial charge in [-0.3, -0.25) is 0 Å². The number of thiophene rings is 1. The molecule has 1 nitrogen and oxygen atoms in total. The van der Waals surface area contributed by atoms with Crippen LogP contribution < -0.4 is 5.32 Å². The van der Waals surface area contributed by atoms with Gasteiger partial charge in [0.2, 0.25) is 0 Å². The standard InChI is InChI=1S/C17H29NS/c1-12(2)18-11-14-6-8-17(4,5)10-15(14)16-13(3)7-9-19-16/h7,9,12,14-15,18H,6,8,10-11H2,1-5H3. The molecule has 2 unspecified atom stereocenters. The molecule has 1 N–H and O–H groups in total. The zero-order valence-electron chi connectivity index (χ0n) is 13.1. The molecule has 1 heterocycles. The molecule has 1 aromatic heterocycles. The van der Waals surface area contributed by atoms with Crippen LogP contribution in [0.1, 0.15) is 63.3 Å². The van der Waals surface area contributed by atoms with Crippen molar-refractivity contribution in [3.8, 4) is 0 Å². The van der Waals surface area contributed by atoms with Crippen molar-refractivity contribution >= 4 is 11.3 Å². The summed E-state index contributed by atoms with van der Waals surface area (Å²) in [4.78, 5) is 1.64. The molecule has 0 spiro atoms. The van der Waals surface area contributed by atoms with Gasteiger partial charge >= 0.3 is 0 Å². The molecule has 0 aliphatic heterocycles.